The maximum atomic E-state index is 13.2. The molecule has 1 aromatic heterocycles. The zero-order chi connectivity index (χ0) is 14.5. The standard InChI is InChI=1S/C17H20FN3/c18-17-14-16(6-8-19-17)21-12-10-20(11-13-21)9-7-15-4-2-1-3-5-15/h1-6,8,14H,7,9-13H2. The molecule has 0 amide bonds. The van der Waals surface area contributed by atoms with E-state index in [1.165, 1.54) is 17.8 Å². The van der Waals surface area contributed by atoms with Crippen molar-refractivity contribution in [1.82, 2.24) is 9.88 Å². The number of hydrogen-bond acceptors (Lipinski definition) is 3. The van der Waals surface area contributed by atoms with Gasteiger partial charge >= 0.3 is 0 Å². The summed E-state index contributed by atoms with van der Waals surface area (Å²) in [5.74, 6) is -0.404. The fourth-order valence-electron chi connectivity index (χ4n) is 2.75. The number of rotatable bonds is 4. The highest BCUT2D eigenvalue weighted by Crippen LogP contribution is 2.16. The van der Waals surface area contributed by atoms with Gasteiger partial charge in [0.2, 0.25) is 5.95 Å². The van der Waals surface area contributed by atoms with Gasteiger partial charge in [-0.15, -0.1) is 0 Å². The second-order valence-corrected chi connectivity index (χ2v) is 5.40. The Bertz CT molecular complexity index is 565. The topological polar surface area (TPSA) is 19.4 Å². The molecule has 1 aliphatic rings. The van der Waals surface area contributed by atoms with Crippen molar-refractivity contribution in [3.8, 4) is 0 Å². The molecule has 4 heteroatoms. The quantitative estimate of drug-likeness (QED) is 0.805. The van der Waals surface area contributed by atoms with E-state index in [2.05, 4.69) is 45.1 Å². The highest BCUT2D eigenvalue weighted by atomic mass is 19.1. The fourth-order valence-corrected chi connectivity index (χ4v) is 2.75. The average Bonchev–Trinajstić information content (AvgIpc) is 2.54. The predicted molar refractivity (Wildman–Crippen MR) is 83.0 cm³/mol. The van der Waals surface area contributed by atoms with Crippen molar-refractivity contribution in [2.45, 2.75) is 6.42 Å². The molecule has 2 heterocycles. The Morgan fingerprint density at radius 3 is 2.48 bits per heavy atom. The molecule has 21 heavy (non-hydrogen) atoms. The van der Waals surface area contributed by atoms with Gasteiger partial charge in [-0.1, -0.05) is 30.3 Å². The van der Waals surface area contributed by atoms with Crippen LogP contribution in [0.25, 0.3) is 0 Å². The Kier molecular flexibility index (Phi) is 4.46. The van der Waals surface area contributed by atoms with Crippen molar-refractivity contribution in [3.05, 3.63) is 60.2 Å². The molecule has 0 aliphatic carbocycles. The van der Waals surface area contributed by atoms with Crippen molar-refractivity contribution >= 4 is 5.69 Å². The molecule has 0 atom stereocenters. The second-order valence-electron chi connectivity index (χ2n) is 5.40. The highest BCUT2D eigenvalue weighted by molar-refractivity contribution is 5.45. The van der Waals surface area contributed by atoms with Gasteiger partial charge in [0.05, 0.1) is 0 Å². The van der Waals surface area contributed by atoms with E-state index in [0.717, 1.165) is 44.8 Å². The predicted octanol–water partition coefficient (Wildman–Crippen LogP) is 2.59. The zero-order valence-electron chi connectivity index (χ0n) is 12.1. The molecule has 2 aromatic rings. The maximum Gasteiger partial charge on any atom is 0.214 e. The number of nitrogens with zero attached hydrogens (tertiary/aromatic N) is 3. The summed E-state index contributed by atoms with van der Waals surface area (Å²) in [5.41, 5.74) is 2.32. The van der Waals surface area contributed by atoms with E-state index in [9.17, 15) is 4.39 Å². The minimum absolute atomic E-state index is 0.404. The molecule has 3 nitrogen and oxygen atoms in total. The minimum Gasteiger partial charge on any atom is -0.369 e. The second kappa shape index (κ2) is 6.68. The van der Waals surface area contributed by atoms with Crippen molar-refractivity contribution in [3.63, 3.8) is 0 Å². The van der Waals surface area contributed by atoms with Crippen LogP contribution in [0.1, 0.15) is 5.56 Å². The molecule has 0 bridgehead atoms. The van der Waals surface area contributed by atoms with Gasteiger partial charge in [0, 0.05) is 50.7 Å². The molecule has 1 fully saturated rings. The van der Waals surface area contributed by atoms with Crippen LogP contribution >= 0.6 is 0 Å². The summed E-state index contributed by atoms with van der Waals surface area (Å²) in [6.45, 7) is 5.02. The lowest BCUT2D eigenvalue weighted by atomic mass is 10.1. The van der Waals surface area contributed by atoms with Crippen LogP contribution in [0.15, 0.2) is 48.7 Å². The van der Waals surface area contributed by atoms with Crippen molar-refractivity contribution in [2.75, 3.05) is 37.6 Å². The van der Waals surface area contributed by atoms with E-state index < -0.39 is 5.95 Å². The van der Waals surface area contributed by atoms with E-state index in [1.807, 2.05) is 6.07 Å². The summed E-state index contributed by atoms with van der Waals surface area (Å²) in [6, 6.07) is 14.0. The van der Waals surface area contributed by atoms with Crippen molar-refractivity contribution in [2.24, 2.45) is 0 Å². The van der Waals surface area contributed by atoms with Crippen LogP contribution in [-0.4, -0.2) is 42.6 Å². The monoisotopic (exact) mass is 285 g/mol. The lowest BCUT2D eigenvalue weighted by Crippen LogP contribution is -2.47. The van der Waals surface area contributed by atoms with E-state index in [0.29, 0.717) is 0 Å². The van der Waals surface area contributed by atoms with Gasteiger partial charge < -0.3 is 4.90 Å². The average molecular weight is 285 g/mol. The third-order valence-corrected chi connectivity index (χ3v) is 4.01. The number of hydrogen-bond donors (Lipinski definition) is 0. The first-order valence-corrected chi connectivity index (χ1v) is 7.44. The van der Waals surface area contributed by atoms with Crippen LogP contribution in [0, 0.1) is 5.95 Å². The lowest BCUT2D eigenvalue weighted by Gasteiger charge is -2.36. The summed E-state index contributed by atoms with van der Waals surface area (Å²) in [6.07, 6.45) is 2.62. The van der Waals surface area contributed by atoms with Crippen LogP contribution in [-0.2, 0) is 6.42 Å². The number of benzene rings is 1. The first-order chi connectivity index (χ1) is 10.3. The molecule has 0 radical (unpaired) electrons. The van der Waals surface area contributed by atoms with E-state index in [1.54, 1.807) is 0 Å². The van der Waals surface area contributed by atoms with Gasteiger partial charge in [-0.3, -0.25) is 4.90 Å². The van der Waals surface area contributed by atoms with Crippen LogP contribution in [0.2, 0.25) is 0 Å². The smallest absolute Gasteiger partial charge is 0.214 e. The zero-order valence-corrected chi connectivity index (χ0v) is 12.1. The molecule has 1 aromatic carbocycles. The number of halogens is 1. The summed E-state index contributed by atoms with van der Waals surface area (Å²) in [7, 11) is 0. The molecule has 0 unspecified atom stereocenters. The Morgan fingerprint density at radius 2 is 1.76 bits per heavy atom. The Balaban J connectivity index is 1.49. The number of piperazine rings is 1. The SMILES string of the molecule is Fc1cc(N2CCN(CCc3ccccc3)CC2)ccn1. The molecular weight excluding hydrogens is 265 g/mol. The Labute approximate surface area is 125 Å². The number of pyridine rings is 1. The van der Waals surface area contributed by atoms with Crippen LogP contribution < -0.4 is 4.90 Å². The van der Waals surface area contributed by atoms with Gasteiger partial charge in [-0.25, -0.2) is 4.98 Å². The summed E-state index contributed by atoms with van der Waals surface area (Å²) in [4.78, 5) is 8.31. The van der Waals surface area contributed by atoms with Gasteiger partial charge in [0.1, 0.15) is 0 Å². The molecule has 0 N–H and O–H groups in total. The molecule has 1 saturated heterocycles. The van der Waals surface area contributed by atoms with Gasteiger partial charge in [0.15, 0.2) is 0 Å². The lowest BCUT2D eigenvalue weighted by molar-refractivity contribution is 0.261. The molecule has 3 rings (SSSR count). The van der Waals surface area contributed by atoms with Gasteiger partial charge in [-0.05, 0) is 18.1 Å². The van der Waals surface area contributed by atoms with E-state index in [-0.39, 0.29) is 0 Å². The first-order valence-electron chi connectivity index (χ1n) is 7.44. The van der Waals surface area contributed by atoms with E-state index in [4.69, 9.17) is 0 Å². The Morgan fingerprint density at radius 1 is 1.00 bits per heavy atom. The minimum atomic E-state index is -0.404. The summed E-state index contributed by atoms with van der Waals surface area (Å²) >= 11 is 0. The molecular formula is C17H20FN3. The molecule has 0 spiro atoms. The summed E-state index contributed by atoms with van der Waals surface area (Å²) < 4.78 is 13.2. The largest absolute Gasteiger partial charge is 0.369 e. The third kappa shape index (κ3) is 3.79. The normalized spacial score (nSPS) is 16.1. The van der Waals surface area contributed by atoms with Gasteiger partial charge in [-0.2, -0.15) is 4.39 Å². The highest BCUT2D eigenvalue weighted by Gasteiger charge is 2.17. The Hall–Kier alpha value is -1.94. The summed E-state index contributed by atoms with van der Waals surface area (Å²) in [5, 5.41) is 0. The molecule has 0 saturated carbocycles. The van der Waals surface area contributed by atoms with Crippen molar-refractivity contribution < 1.29 is 4.39 Å². The van der Waals surface area contributed by atoms with E-state index >= 15 is 0 Å². The number of anilines is 1. The van der Waals surface area contributed by atoms with Crippen LogP contribution in [0.3, 0.4) is 0 Å². The van der Waals surface area contributed by atoms with Gasteiger partial charge in [0.25, 0.3) is 0 Å². The molecule has 110 valence electrons. The van der Waals surface area contributed by atoms with Crippen LogP contribution in [0.4, 0.5) is 10.1 Å². The number of aromatic nitrogens is 1. The molecule has 1 aliphatic heterocycles. The third-order valence-electron chi connectivity index (χ3n) is 4.01. The maximum absolute atomic E-state index is 13.2. The van der Waals surface area contributed by atoms with Crippen molar-refractivity contribution in [1.29, 1.82) is 0 Å². The first kappa shape index (κ1) is 14.0. The van der Waals surface area contributed by atoms with Crippen LogP contribution in [0.5, 0.6) is 0 Å². The fraction of sp³-hybridized carbons (Fsp3) is 0.353.